The molecule has 1 fully saturated rings. The highest BCUT2D eigenvalue weighted by Gasteiger charge is 2.20. The molecule has 54 valence electrons. The fourth-order valence-corrected chi connectivity index (χ4v) is 0.869. The van der Waals surface area contributed by atoms with E-state index >= 15 is 0 Å². The van der Waals surface area contributed by atoms with Gasteiger partial charge < -0.3 is 10.6 Å². The van der Waals surface area contributed by atoms with Crippen molar-refractivity contribution in [3.05, 3.63) is 0 Å². The van der Waals surface area contributed by atoms with E-state index in [1.54, 1.807) is 7.05 Å². The van der Waals surface area contributed by atoms with E-state index in [1.165, 1.54) is 0 Å². The van der Waals surface area contributed by atoms with Gasteiger partial charge in [-0.05, 0) is 13.5 Å². The highest BCUT2D eigenvalue weighted by atomic mass is 35.5. The molecule has 0 aromatic heterocycles. The van der Waals surface area contributed by atoms with E-state index in [-0.39, 0.29) is 24.4 Å². The molecule has 1 aliphatic heterocycles. The molecule has 3 nitrogen and oxygen atoms in total. The van der Waals surface area contributed by atoms with E-state index in [4.69, 9.17) is 0 Å². The van der Waals surface area contributed by atoms with Crippen molar-refractivity contribution in [2.24, 2.45) is 0 Å². The van der Waals surface area contributed by atoms with Crippen molar-refractivity contribution in [3.8, 4) is 0 Å². The van der Waals surface area contributed by atoms with Gasteiger partial charge >= 0.3 is 0 Å². The van der Waals surface area contributed by atoms with Crippen LogP contribution in [0.4, 0.5) is 0 Å². The molecule has 9 heavy (non-hydrogen) atoms. The molecule has 0 saturated carbocycles. The van der Waals surface area contributed by atoms with Gasteiger partial charge in [-0.3, -0.25) is 4.79 Å². The number of rotatable bonds is 1. The minimum Gasteiger partial charge on any atom is -0.355 e. The van der Waals surface area contributed by atoms with Crippen LogP contribution < -0.4 is 10.6 Å². The van der Waals surface area contributed by atoms with Gasteiger partial charge in [0.2, 0.25) is 5.91 Å². The summed E-state index contributed by atoms with van der Waals surface area (Å²) in [5.74, 6) is 0.132. The molecule has 1 rings (SSSR count). The van der Waals surface area contributed by atoms with Crippen LogP contribution in [0.5, 0.6) is 0 Å². The number of carbonyl (C=O) groups excluding carboxylic acids is 1. The first-order valence-corrected chi connectivity index (χ1v) is 2.79. The maximum absolute atomic E-state index is 10.6. The van der Waals surface area contributed by atoms with Gasteiger partial charge in [-0.15, -0.1) is 12.4 Å². The van der Waals surface area contributed by atoms with Gasteiger partial charge in [0.1, 0.15) is 0 Å². The topological polar surface area (TPSA) is 41.1 Å². The summed E-state index contributed by atoms with van der Waals surface area (Å²) in [6, 6.07) is 0.0648. The summed E-state index contributed by atoms with van der Waals surface area (Å²) in [4.78, 5) is 10.6. The molecule has 0 spiro atoms. The van der Waals surface area contributed by atoms with Gasteiger partial charge in [0.25, 0.3) is 0 Å². The van der Waals surface area contributed by atoms with Crippen molar-refractivity contribution in [3.63, 3.8) is 0 Å². The molecule has 1 unspecified atom stereocenters. The van der Waals surface area contributed by atoms with Crippen molar-refractivity contribution in [2.75, 3.05) is 13.6 Å². The average molecular weight is 151 g/mol. The van der Waals surface area contributed by atoms with E-state index in [0.29, 0.717) is 0 Å². The fraction of sp³-hybridized carbons (Fsp3) is 0.800. The summed E-state index contributed by atoms with van der Waals surface area (Å²) in [5.41, 5.74) is 0. The number of nitrogens with one attached hydrogen (secondary N) is 2. The Morgan fingerprint density at radius 3 is 2.67 bits per heavy atom. The van der Waals surface area contributed by atoms with Gasteiger partial charge in [-0.1, -0.05) is 0 Å². The van der Waals surface area contributed by atoms with Crippen LogP contribution in [0.15, 0.2) is 0 Å². The Hall–Kier alpha value is -0.280. The zero-order chi connectivity index (χ0) is 5.98. The van der Waals surface area contributed by atoms with Crippen LogP contribution in [0.1, 0.15) is 6.42 Å². The third kappa shape index (κ3) is 1.84. The molecule has 1 atom stereocenters. The monoisotopic (exact) mass is 150 g/mol. The number of hydrogen-bond donors (Lipinski definition) is 2. The van der Waals surface area contributed by atoms with Gasteiger partial charge in [-0.25, -0.2) is 0 Å². The van der Waals surface area contributed by atoms with Crippen LogP contribution in [0, 0.1) is 0 Å². The number of carbonyl (C=O) groups is 1. The Morgan fingerprint density at radius 2 is 2.44 bits per heavy atom. The second-order valence-corrected chi connectivity index (χ2v) is 1.92. The fourth-order valence-electron chi connectivity index (χ4n) is 0.869. The van der Waals surface area contributed by atoms with E-state index in [2.05, 4.69) is 10.6 Å². The Labute approximate surface area is 60.6 Å². The zero-order valence-electron chi connectivity index (χ0n) is 5.31. The first-order chi connectivity index (χ1) is 3.84. The lowest BCUT2D eigenvalue weighted by Gasteiger charge is -2.00. The standard InChI is InChI=1S/C5H10N2O.ClH/c1-6-4-2-3-7-5(4)8;/h4,6H,2-3H2,1H3,(H,7,8);1H. The maximum atomic E-state index is 10.6. The summed E-state index contributed by atoms with van der Waals surface area (Å²) in [6.07, 6.45) is 0.926. The highest BCUT2D eigenvalue weighted by Crippen LogP contribution is 1.96. The summed E-state index contributed by atoms with van der Waals surface area (Å²) in [7, 11) is 1.80. The smallest absolute Gasteiger partial charge is 0.237 e. The van der Waals surface area contributed by atoms with E-state index < -0.39 is 0 Å². The number of likely N-dealkylation sites (N-methyl/N-ethyl adjacent to an activating group) is 1. The summed E-state index contributed by atoms with van der Waals surface area (Å²) >= 11 is 0. The summed E-state index contributed by atoms with van der Waals surface area (Å²) in [6.45, 7) is 0.824. The lowest BCUT2D eigenvalue weighted by molar-refractivity contribution is -0.120. The summed E-state index contributed by atoms with van der Waals surface area (Å²) < 4.78 is 0. The first-order valence-electron chi connectivity index (χ1n) is 2.79. The molecule has 0 bridgehead atoms. The lowest BCUT2D eigenvalue weighted by atomic mass is 10.3. The lowest BCUT2D eigenvalue weighted by Crippen LogP contribution is -2.33. The van der Waals surface area contributed by atoms with Gasteiger partial charge in [-0.2, -0.15) is 0 Å². The van der Waals surface area contributed by atoms with Crippen molar-refractivity contribution >= 4 is 18.3 Å². The molecule has 0 aromatic carbocycles. The molecule has 0 aromatic rings. The molecule has 2 N–H and O–H groups in total. The largest absolute Gasteiger partial charge is 0.355 e. The second kappa shape index (κ2) is 3.69. The minimum absolute atomic E-state index is 0. The van der Waals surface area contributed by atoms with Crippen molar-refractivity contribution < 1.29 is 4.79 Å². The van der Waals surface area contributed by atoms with Crippen LogP contribution in [0.3, 0.4) is 0 Å². The predicted molar refractivity (Wildman–Crippen MR) is 37.7 cm³/mol. The molecule has 1 heterocycles. The molecular formula is C5H11ClN2O. The Morgan fingerprint density at radius 1 is 1.78 bits per heavy atom. The van der Waals surface area contributed by atoms with E-state index in [0.717, 1.165) is 13.0 Å². The minimum atomic E-state index is 0. The van der Waals surface area contributed by atoms with Crippen LogP contribution in [-0.2, 0) is 4.79 Å². The van der Waals surface area contributed by atoms with Crippen molar-refractivity contribution in [2.45, 2.75) is 12.5 Å². The Bertz CT molecular complexity index is 107. The van der Waals surface area contributed by atoms with Crippen molar-refractivity contribution in [1.29, 1.82) is 0 Å². The SMILES string of the molecule is CNC1CCNC1=O.Cl. The van der Waals surface area contributed by atoms with Crippen LogP contribution in [0.2, 0.25) is 0 Å². The summed E-state index contributed by atoms with van der Waals surface area (Å²) in [5, 5.41) is 5.62. The molecule has 0 aliphatic carbocycles. The second-order valence-electron chi connectivity index (χ2n) is 1.92. The zero-order valence-corrected chi connectivity index (χ0v) is 6.12. The third-order valence-corrected chi connectivity index (χ3v) is 1.40. The molecule has 1 saturated heterocycles. The number of hydrogen-bond acceptors (Lipinski definition) is 2. The maximum Gasteiger partial charge on any atom is 0.237 e. The number of amides is 1. The Kier molecular flexibility index (Phi) is 3.58. The first kappa shape index (κ1) is 8.72. The van der Waals surface area contributed by atoms with Gasteiger partial charge in [0, 0.05) is 6.54 Å². The van der Waals surface area contributed by atoms with Crippen LogP contribution in [0.25, 0.3) is 0 Å². The molecule has 1 amide bonds. The Balaban J connectivity index is 0.000000640. The van der Waals surface area contributed by atoms with E-state index in [9.17, 15) is 4.79 Å². The average Bonchev–Trinajstić information content (AvgIpc) is 2.14. The molecule has 4 heteroatoms. The van der Waals surface area contributed by atoms with E-state index in [1.807, 2.05) is 0 Å². The molecule has 0 radical (unpaired) electrons. The van der Waals surface area contributed by atoms with Gasteiger partial charge in [0.05, 0.1) is 6.04 Å². The van der Waals surface area contributed by atoms with Crippen LogP contribution >= 0.6 is 12.4 Å². The molecular weight excluding hydrogens is 140 g/mol. The quantitative estimate of drug-likeness (QED) is 0.530. The number of halogens is 1. The molecule has 1 aliphatic rings. The third-order valence-electron chi connectivity index (χ3n) is 1.40. The van der Waals surface area contributed by atoms with Crippen LogP contribution in [-0.4, -0.2) is 25.5 Å². The van der Waals surface area contributed by atoms with Crippen molar-refractivity contribution in [1.82, 2.24) is 10.6 Å². The normalized spacial score (nSPS) is 25.0. The highest BCUT2D eigenvalue weighted by molar-refractivity contribution is 5.85. The predicted octanol–water partition coefficient (Wildman–Crippen LogP) is -0.484. The van der Waals surface area contributed by atoms with Gasteiger partial charge in [0.15, 0.2) is 0 Å².